The van der Waals surface area contributed by atoms with Gasteiger partial charge in [0.2, 0.25) is 0 Å². The molecule has 2 N–H and O–H groups in total. The number of nitrogens with one attached hydrogen (secondary N) is 1. The van der Waals surface area contributed by atoms with E-state index in [1.807, 2.05) is 12.1 Å². The second-order valence-electron chi connectivity index (χ2n) is 6.42. The van der Waals surface area contributed by atoms with E-state index in [1.165, 1.54) is 32.1 Å². The summed E-state index contributed by atoms with van der Waals surface area (Å²) in [6.07, 6.45) is 8.46. The molecule has 0 unspecified atom stereocenters. The van der Waals surface area contributed by atoms with Gasteiger partial charge in [0.05, 0.1) is 6.61 Å². The van der Waals surface area contributed by atoms with E-state index in [0.717, 1.165) is 30.6 Å². The molecular weight excluding hydrogens is 278 g/mol. The molecule has 1 saturated carbocycles. The van der Waals surface area contributed by atoms with Crippen LogP contribution in [0.3, 0.4) is 0 Å². The first-order chi connectivity index (χ1) is 10.8. The van der Waals surface area contributed by atoms with Crippen molar-refractivity contribution in [2.75, 3.05) is 31.1 Å². The van der Waals surface area contributed by atoms with Gasteiger partial charge in [-0.2, -0.15) is 0 Å². The van der Waals surface area contributed by atoms with Crippen LogP contribution in [-0.2, 0) is 0 Å². The van der Waals surface area contributed by atoms with Gasteiger partial charge in [0.25, 0.3) is 5.91 Å². The number of aromatic nitrogens is 1. The number of carbonyl (C=O) groups is 1. The molecule has 3 rings (SSSR count). The monoisotopic (exact) mass is 303 g/mol. The normalized spacial score (nSPS) is 24.7. The predicted octanol–water partition coefficient (Wildman–Crippen LogP) is 1.82. The molecule has 0 spiro atoms. The summed E-state index contributed by atoms with van der Waals surface area (Å²) < 4.78 is 0. The molecule has 2 heterocycles. The minimum atomic E-state index is -0.219. The van der Waals surface area contributed by atoms with Crippen molar-refractivity contribution in [1.29, 1.82) is 0 Å². The Morgan fingerprint density at radius 1 is 1.32 bits per heavy atom. The molecule has 2 fully saturated rings. The average Bonchev–Trinajstić information content (AvgIpc) is 2.59. The number of rotatable bonds is 4. The molecule has 120 valence electrons. The molecule has 1 aromatic rings. The summed E-state index contributed by atoms with van der Waals surface area (Å²) in [5.41, 5.74) is 1.52. The third-order valence-corrected chi connectivity index (χ3v) is 5.03. The van der Waals surface area contributed by atoms with Gasteiger partial charge in [-0.15, -0.1) is 0 Å². The second-order valence-corrected chi connectivity index (χ2v) is 6.42. The number of aliphatic hydroxyl groups is 1. The Labute approximate surface area is 131 Å². The van der Waals surface area contributed by atoms with Gasteiger partial charge in [-0.25, -0.2) is 0 Å². The summed E-state index contributed by atoms with van der Waals surface area (Å²) in [6.45, 7) is 2.38. The van der Waals surface area contributed by atoms with Crippen molar-refractivity contribution < 1.29 is 9.90 Å². The molecule has 1 aliphatic heterocycles. The standard InChI is InChI=1S/C17H25N3O2/c21-10-8-19-17(22)16-11-15(5-7-18-16)20-9-6-13-3-1-2-4-14(13)12-20/h5,7,11,13-14,21H,1-4,6,8-10,12H2,(H,19,22)/t13-,14-/m0/s1. The Morgan fingerprint density at radius 2 is 2.14 bits per heavy atom. The lowest BCUT2D eigenvalue weighted by atomic mass is 9.75. The van der Waals surface area contributed by atoms with E-state index in [2.05, 4.69) is 15.2 Å². The molecule has 0 radical (unpaired) electrons. The number of nitrogens with zero attached hydrogens (tertiary/aromatic N) is 2. The molecular formula is C17H25N3O2. The van der Waals surface area contributed by atoms with Crippen LogP contribution in [0.4, 0.5) is 5.69 Å². The summed E-state index contributed by atoms with van der Waals surface area (Å²) in [5.74, 6) is 1.49. The van der Waals surface area contributed by atoms with E-state index in [1.54, 1.807) is 6.20 Å². The molecule has 1 amide bonds. The quantitative estimate of drug-likeness (QED) is 0.890. The van der Waals surface area contributed by atoms with Gasteiger partial charge in [-0.05, 0) is 36.8 Å². The van der Waals surface area contributed by atoms with E-state index in [4.69, 9.17) is 5.11 Å². The number of carbonyl (C=O) groups excluding carboxylic acids is 1. The minimum absolute atomic E-state index is 0.0549. The van der Waals surface area contributed by atoms with E-state index in [-0.39, 0.29) is 19.1 Å². The fourth-order valence-corrected chi connectivity index (χ4v) is 3.84. The second kappa shape index (κ2) is 7.09. The molecule has 22 heavy (non-hydrogen) atoms. The van der Waals surface area contributed by atoms with E-state index < -0.39 is 0 Å². The lowest BCUT2D eigenvalue weighted by Crippen LogP contribution is -2.42. The smallest absolute Gasteiger partial charge is 0.270 e. The van der Waals surface area contributed by atoms with Gasteiger partial charge in [0.1, 0.15) is 5.69 Å². The number of fused-ring (bicyclic) bond motifs is 1. The SMILES string of the molecule is O=C(NCCO)c1cc(N2CC[C@@H]3CCCC[C@H]3C2)ccn1. The summed E-state index contributed by atoms with van der Waals surface area (Å²) in [7, 11) is 0. The topological polar surface area (TPSA) is 65.5 Å². The van der Waals surface area contributed by atoms with Gasteiger partial charge in [0.15, 0.2) is 0 Å². The van der Waals surface area contributed by atoms with Crippen LogP contribution in [0.15, 0.2) is 18.3 Å². The average molecular weight is 303 g/mol. The Kier molecular flexibility index (Phi) is 4.93. The van der Waals surface area contributed by atoms with Crippen molar-refractivity contribution in [2.45, 2.75) is 32.1 Å². The summed E-state index contributed by atoms with van der Waals surface area (Å²) in [5, 5.41) is 11.4. The first-order valence-corrected chi connectivity index (χ1v) is 8.38. The van der Waals surface area contributed by atoms with Crippen molar-refractivity contribution in [3.63, 3.8) is 0 Å². The van der Waals surface area contributed by atoms with Crippen LogP contribution in [0.2, 0.25) is 0 Å². The largest absolute Gasteiger partial charge is 0.395 e. The molecule has 0 aromatic carbocycles. The zero-order chi connectivity index (χ0) is 15.4. The first kappa shape index (κ1) is 15.3. The first-order valence-electron chi connectivity index (χ1n) is 8.38. The van der Waals surface area contributed by atoms with Crippen molar-refractivity contribution in [1.82, 2.24) is 10.3 Å². The number of piperidine rings is 1. The molecule has 1 aromatic heterocycles. The van der Waals surface area contributed by atoms with Crippen LogP contribution in [0.25, 0.3) is 0 Å². The number of pyridine rings is 1. The number of anilines is 1. The van der Waals surface area contributed by atoms with Crippen LogP contribution in [0, 0.1) is 11.8 Å². The number of hydrogen-bond acceptors (Lipinski definition) is 4. The Morgan fingerprint density at radius 3 is 2.95 bits per heavy atom. The molecule has 0 bridgehead atoms. The van der Waals surface area contributed by atoms with Crippen LogP contribution < -0.4 is 10.2 Å². The molecule has 5 nitrogen and oxygen atoms in total. The van der Waals surface area contributed by atoms with Crippen molar-refractivity contribution in [2.24, 2.45) is 11.8 Å². The highest BCUT2D eigenvalue weighted by atomic mass is 16.3. The zero-order valence-corrected chi connectivity index (χ0v) is 13.0. The van der Waals surface area contributed by atoms with E-state index >= 15 is 0 Å². The summed E-state index contributed by atoms with van der Waals surface area (Å²) in [4.78, 5) is 18.5. The molecule has 2 atom stereocenters. The number of aliphatic hydroxyl groups excluding tert-OH is 1. The van der Waals surface area contributed by atoms with E-state index in [9.17, 15) is 4.79 Å². The van der Waals surface area contributed by atoms with Gasteiger partial charge < -0.3 is 15.3 Å². The maximum absolute atomic E-state index is 12.0. The van der Waals surface area contributed by atoms with Crippen LogP contribution in [0.1, 0.15) is 42.6 Å². The highest BCUT2D eigenvalue weighted by molar-refractivity contribution is 5.93. The third-order valence-electron chi connectivity index (χ3n) is 5.03. The number of hydrogen-bond donors (Lipinski definition) is 2. The van der Waals surface area contributed by atoms with Crippen molar-refractivity contribution in [3.8, 4) is 0 Å². The predicted molar refractivity (Wildman–Crippen MR) is 85.9 cm³/mol. The van der Waals surface area contributed by atoms with Crippen LogP contribution in [-0.4, -0.2) is 42.2 Å². The van der Waals surface area contributed by atoms with Gasteiger partial charge >= 0.3 is 0 Å². The maximum Gasteiger partial charge on any atom is 0.270 e. The highest BCUT2D eigenvalue weighted by Gasteiger charge is 2.31. The minimum Gasteiger partial charge on any atom is -0.395 e. The lowest BCUT2D eigenvalue weighted by Gasteiger charge is -2.42. The van der Waals surface area contributed by atoms with Crippen LogP contribution in [0.5, 0.6) is 0 Å². The fraction of sp³-hybridized carbons (Fsp3) is 0.647. The van der Waals surface area contributed by atoms with Crippen molar-refractivity contribution in [3.05, 3.63) is 24.0 Å². The molecule has 1 aliphatic carbocycles. The Balaban J connectivity index is 1.68. The van der Waals surface area contributed by atoms with Crippen LogP contribution >= 0.6 is 0 Å². The Hall–Kier alpha value is -1.62. The fourth-order valence-electron chi connectivity index (χ4n) is 3.84. The van der Waals surface area contributed by atoms with Gasteiger partial charge in [-0.1, -0.05) is 19.3 Å². The zero-order valence-electron chi connectivity index (χ0n) is 13.0. The third kappa shape index (κ3) is 3.40. The summed E-state index contributed by atoms with van der Waals surface area (Å²) >= 11 is 0. The Bertz CT molecular complexity index is 520. The number of amides is 1. The van der Waals surface area contributed by atoms with Crippen molar-refractivity contribution >= 4 is 11.6 Å². The van der Waals surface area contributed by atoms with E-state index in [0.29, 0.717) is 5.69 Å². The summed E-state index contributed by atoms with van der Waals surface area (Å²) in [6, 6.07) is 3.86. The highest BCUT2D eigenvalue weighted by Crippen LogP contribution is 2.37. The molecule has 1 saturated heterocycles. The maximum atomic E-state index is 12.0. The van der Waals surface area contributed by atoms with Gasteiger partial charge in [-0.3, -0.25) is 9.78 Å². The molecule has 5 heteroatoms. The molecule has 2 aliphatic rings. The lowest BCUT2D eigenvalue weighted by molar-refractivity contribution is 0.0940. The van der Waals surface area contributed by atoms with Gasteiger partial charge in [0, 0.05) is 31.5 Å².